The second-order valence-corrected chi connectivity index (χ2v) is 10.6. The minimum Gasteiger partial charge on any atom is -0.372 e. The number of benzene rings is 1. The van der Waals surface area contributed by atoms with Crippen molar-refractivity contribution in [1.29, 1.82) is 0 Å². The molecule has 2 saturated heterocycles. The lowest BCUT2D eigenvalue weighted by atomic mass is 10.0. The lowest BCUT2D eigenvalue weighted by Gasteiger charge is -2.39. The Bertz CT molecular complexity index is 1270. The van der Waals surface area contributed by atoms with Gasteiger partial charge in [-0.2, -0.15) is 5.10 Å². The van der Waals surface area contributed by atoms with Crippen molar-refractivity contribution in [2.75, 3.05) is 36.5 Å². The number of aromatic nitrogens is 2. The van der Waals surface area contributed by atoms with Gasteiger partial charge in [-0.25, -0.2) is 18.0 Å². The second kappa shape index (κ2) is 9.61. The summed E-state index contributed by atoms with van der Waals surface area (Å²) in [7, 11) is 0. The number of carbonyl (C=O) groups excluding carboxylic acids is 3. The van der Waals surface area contributed by atoms with Crippen LogP contribution in [0, 0.1) is 23.4 Å². The minimum absolute atomic E-state index is 0.0640. The molecule has 3 aliphatic heterocycles. The molecule has 4 heterocycles. The summed E-state index contributed by atoms with van der Waals surface area (Å²) in [4.78, 5) is 43.9. The number of fused-ring (bicyclic) bond motifs is 1. The monoisotopic (exact) mass is 534 g/mol. The highest BCUT2D eigenvalue weighted by atomic mass is 19.2. The summed E-state index contributed by atoms with van der Waals surface area (Å²) in [5, 5.41) is 6.79. The molecule has 4 amide bonds. The van der Waals surface area contributed by atoms with Crippen molar-refractivity contribution in [3.8, 4) is 0 Å². The van der Waals surface area contributed by atoms with Crippen LogP contribution < -0.4 is 10.2 Å². The van der Waals surface area contributed by atoms with E-state index in [4.69, 9.17) is 4.74 Å². The largest absolute Gasteiger partial charge is 0.372 e. The Hall–Kier alpha value is -3.61. The first-order chi connectivity index (χ1) is 17.9. The topological polar surface area (TPSA) is 100 Å². The maximum Gasteiger partial charge on any atom is 0.322 e. The maximum atomic E-state index is 13.6. The van der Waals surface area contributed by atoms with E-state index in [1.807, 2.05) is 13.8 Å². The molecule has 3 aliphatic rings. The molecule has 1 aromatic carbocycles. The van der Waals surface area contributed by atoms with Crippen LogP contribution in [-0.4, -0.2) is 75.3 Å². The van der Waals surface area contributed by atoms with Gasteiger partial charge in [0, 0.05) is 43.9 Å². The van der Waals surface area contributed by atoms with Crippen molar-refractivity contribution in [3.05, 3.63) is 41.5 Å². The molecule has 10 nitrogen and oxygen atoms in total. The number of amides is 4. The molecule has 2 fully saturated rings. The Morgan fingerprint density at radius 3 is 2.55 bits per heavy atom. The molecule has 1 N–H and O–H groups in total. The van der Waals surface area contributed by atoms with Crippen molar-refractivity contribution < 1.29 is 32.3 Å². The highest BCUT2D eigenvalue weighted by Gasteiger charge is 2.42. The lowest BCUT2D eigenvalue weighted by molar-refractivity contribution is -0.149. The number of urea groups is 1. The Kier molecular flexibility index (Phi) is 6.58. The number of carbonyl (C=O) groups is 3. The quantitative estimate of drug-likeness (QED) is 0.611. The Morgan fingerprint density at radius 1 is 1.16 bits per heavy atom. The number of morpholine rings is 1. The van der Waals surface area contributed by atoms with E-state index < -0.39 is 35.0 Å². The zero-order chi connectivity index (χ0) is 27.4. The summed E-state index contributed by atoms with van der Waals surface area (Å²) in [6, 6.07) is 0.433. The summed E-state index contributed by atoms with van der Waals surface area (Å²) in [6.07, 6.45) is 1.63. The standard InChI is InChI=1S/C25H29F3N6O4/c1-14-10-34-20(12-32(14)24(37)30-16-7-17(26)22(28)18(27)8-16)19(9-29-34)33-11-15(6-21(33)35)23(36)31-4-5-38-25(2,3)13-31/h7-9,14-15H,4-6,10-13H2,1-3H3,(H,30,37)/t14-,15?/m0/s1. The number of rotatable bonds is 3. The number of hydrogen-bond donors (Lipinski definition) is 1. The van der Waals surface area contributed by atoms with Gasteiger partial charge in [-0.05, 0) is 20.8 Å². The number of nitrogens with one attached hydrogen (secondary N) is 1. The summed E-state index contributed by atoms with van der Waals surface area (Å²) in [5.41, 5.74) is 0.438. The fourth-order valence-corrected chi connectivity index (χ4v) is 5.28. The second-order valence-electron chi connectivity index (χ2n) is 10.6. The Balaban J connectivity index is 1.31. The predicted molar refractivity (Wildman–Crippen MR) is 130 cm³/mol. The van der Waals surface area contributed by atoms with Crippen LogP contribution in [0.1, 0.15) is 32.9 Å². The van der Waals surface area contributed by atoms with E-state index in [1.165, 1.54) is 9.80 Å². The molecular weight excluding hydrogens is 505 g/mol. The van der Waals surface area contributed by atoms with Gasteiger partial charge in [-0.1, -0.05) is 0 Å². The van der Waals surface area contributed by atoms with Crippen molar-refractivity contribution in [2.24, 2.45) is 5.92 Å². The smallest absolute Gasteiger partial charge is 0.322 e. The summed E-state index contributed by atoms with van der Waals surface area (Å²) >= 11 is 0. The molecule has 13 heteroatoms. The van der Waals surface area contributed by atoms with E-state index in [1.54, 1.807) is 22.7 Å². The van der Waals surface area contributed by atoms with E-state index in [9.17, 15) is 27.6 Å². The van der Waals surface area contributed by atoms with Gasteiger partial charge in [0.05, 0.1) is 54.8 Å². The molecule has 5 rings (SSSR count). The third-order valence-electron chi connectivity index (χ3n) is 7.21. The third-order valence-corrected chi connectivity index (χ3v) is 7.21. The van der Waals surface area contributed by atoms with Crippen molar-refractivity contribution in [3.63, 3.8) is 0 Å². The summed E-state index contributed by atoms with van der Waals surface area (Å²) < 4.78 is 47.9. The number of nitrogens with zero attached hydrogens (tertiary/aromatic N) is 5. The highest BCUT2D eigenvalue weighted by molar-refractivity contribution is 6.00. The van der Waals surface area contributed by atoms with E-state index in [0.29, 0.717) is 49.8 Å². The third kappa shape index (κ3) is 4.82. The molecule has 0 spiro atoms. The van der Waals surface area contributed by atoms with Crippen LogP contribution in [0.5, 0.6) is 0 Å². The summed E-state index contributed by atoms with van der Waals surface area (Å²) in [5.74, 6) is -5.25. The predicted octanol–water partition coefficient (Wildman–Crippen LogP) is 2.73. The van der Waals surface area contributed by atoms with E-state index in [0.717, 1.165) is 0 Å². The lowest BCUT2D eigenvalue weighted by Crippen LogP contribution is -2.52. The van der Waals surface area contributed by atoms with Crippen molar-refractivity contribution in [2.45, 2.75) is 51.9 Å². The molecule has 0 saturated carbocycles. The van der Waals surface area contributed by atoms with E-state index in [2.05, 4.69) is 10.4 Å². The molecule has 0 aliphatic carbocycles. The van der Waals surface area contributed by atoms with Gasteiger partial charge >= 0.3 is 6.03 Å². The Labute approximate surface area is 217 Å². The number of ether oxygens (including phenoxy) is 1. The fourth-order valence-electron chi connectivity index (χ4n) is 5.28. The first-order valence-corrected chi connectivity index (χ1v) is 12.4. The molecular formula is C25H29F3N6O4. The van der Waals surface area contributed by atoms with Gasteiger partial charge in [0.2, 0.25) is 11.8 Å². The zero-order valence-electron chi connectivity index (χ0n) is 21.3. The highest BCUT2D eigenvalue weighted by Crippen LogP contribution is 2.33. The number of anilines is 2. The zero-order valence-corrected chi connectivity index (χ0v) is 21.3. The van der Waals surface area contributed by atoms with Gasteiger partial charge in [0.15, 0.2) is 17.5 Å². The van der Waals surface area contributed by atoms with Crippen LogP contribution in [0.4, 0.5) is 29.3 Å². The van der Waals surface area contributed by atoms with Crippen molar-refractivity contribution in [1.82, 2.24) is 19.6 Å². The van der Waals surface area contributed by atoms with Crippen LogP contribution in [-0.2, 0) is 27.4 Å². The molecule has 38 heavy (non-hydrogen) atoms. The molecule has 204 valence electrons. The van der Waals surface area contributed by atoms with Crippen LogP contribution >= 0.6 is 0 Å². The van der Waals surface area contributed by atoms with E-state index in [-0.39, 0.29) is 43.1 Å². The van der Waals surface area contributed by atoms with Gasteiger partial charge in [-0.15, -0.1) is 0 Å². The molecule has 2 atom stereocenters. The van der Waals surface area contributed by atoms with Crippen LogP contribution in [0.25, 0.3) is 0 Å². The first kappa shape index (κ1) is 26.0. The van der Waals surface area contributed by atoms with Crippen molar-refractivity contribution >= 4 is 29.2 Å². The van der Waals surface area contributed by atoms with Crippen LogP contribution in [0.2, 0.25) is 0 Å². The first-order valence-electron chi connectivity index (χ1n) is 12.4. The Morgan fingerprint density at radius 2 is 1.87 bits per heavy atom. The molecule has 0 bridgehead atoms. The maximum absolute atomic E-state index is 13.6. The molecule has 2 aromatic rings. The van der Waals surface area contributed by atoms with Gasteiger partial charge < -0.3 is 24.8 Å². The normalized spacial score (nSPS) is 23.0. The average Bonchev–Trinajstić information content (AvgIpc) is 3.43. The fraction of sp³-hybridized carbons (Fsp3) is 0.520. The van der Waals surface area contributed by atoms with Crippen LogP contribution in [0.3, 0.4) is 0 Å². The molecule has 1 unspecified atom stereocenters. The van der Waals surface area contributed by atoms with Gasteiger partial charge in [0.25, 0.3) is 0 Å². The number of halogens is 3. The van der Waals surface area contributed by atoms with Gasteiger partial charge in [0.1, 0.15) is 0 Å². The SMILES string of the molecule is C[C@H]1Cn2ncc(N3CC(C(=O)N4CCOC(C)(C)C4)CC3=O)c2CN1C(=O)Nc1cc(F)c(F)c(F)c1. The molecule has 0 radical (unpaired) electrons. The summed E-state index contributed by atoms with van der Waals surface area (Å²) in [6.45, 7) is 7.57. The van der Waals surface area contributed by atoms with Crippen LogP contribution in [0.15, 0.2) is 18.3 Å². The number of hydrogen-bond acceptors (Lipinski definition) is 5. The van der Waals surface area contributed by atoms with Gasteiger partial charge in [-0.3, -0.25) is 14.3 Å². The molecule has 1 aromatic heterocycles. The average molecular weight is 535 g/mol. The van der Waals surface area contributed by atoms with E-state index >= 15 is 0 Å². The minimum atomic E-state index is -1.62.